The molecular formula is C50H39Cl2N7O4S. The molecule has 10 aromatic rings. The highest BCUT2D eigenvalue weighted by Crippen LogP contribution is 2.41. The van der Waals surface area contributed by atoms with Gasteiger partial charge in [-0.25, -0.2) is 9.97 Å². The van der Waals surface area contributed by atoms with Crippen molar-refractivity contribution in [1.82, 2.24) is 33.6 Å². The molecule has 10 rings (SSSR count). The molecule has 3 N–H and O–H groups in total. The summed E-state index contributed by atoms with van der Waals surface area (Å²) in [6.45, 7) is 0. The maximum atomic E-state index is 12.6. The number of hydrogen-bond donors (Lipinski definition) is 3. The fraction of sp³-hybridized carbons (Fsp3) is 0.100. The second-order valence-electron chi connectivity index (χ2n) is 15.4. The third-order valence-corrected chi connectivity index (χ3v) is 13.0. The van der Waals surface area contributed by atoms with Gasteiger partial charge in [-0.05, 0) is 93.9 Å². The van der Waals surface area contributed by atoms with E-state index >= 15 is 0 Å². The summed E-state index contributed by atoms with van der Waals surface area (Å²) in [6, 6.07) is 36.4. The molecule has 11 nitrogen and oxygen atoms in total. The molecule has 318 valence electrons. The predicted molar refractivity (Wildman–Crippen MR) is 254 cm³/mol. The summed E-state index contributed by atoms with van der Waals surface area (Å²) in [5, 5.41) is 29.2. The highest BCUT2D eigenvalue weighted by molar-refractivity contribution is 7.13. The molecule has 0 saturated carbocycles. The van der Waals surface area contributed by atoms with Gasteiger partial charge >= 0.3 is 0 Å². The molecule has 4 aromatic carbocycles. The molecule has 0 bridgehead atoms. The van der Waals surface area contributed by atoms with Gasteiger partial charge in [-0.15, -0.1) is 11.3 Å². The minimum absolute atomic E-state index is 0.0757. The summed E-state index contributed by atoms with van der Waals surface area (Å²) in [5.41, 5.74) is 4.49. The minimum Gasteiger partial charge on any atom is -0.374 e. The Hall–Kier alpha value is -6.93. The van der Waals surface area contributed by atoms with Crippen molar-refractivity contribution in [3.05, 3.63) is 229 Å². The number of aromatic nitrogens is 7. The Labute approximate surface area is 380 Å². The van der Waals surface area contributed by atoms with Gasteiger partial charge in [0.25, 0.3) is 5.56 Å². The first-order chi connectivity index (χ1) is 30.9. The first-order valence-corrected chi connectivity index (χ1v) is 21.7. The van der Waals surface area contributed by atoms with E-state index < -0.39 is 11.2 Å². The van der Waals surface area contributed by atoms with Crippen molar-refractivity contribution in [1.29, 1.82) is 0 Å². The average molecular weight is 905 g/mol. The van der Waals surface area contributed by atoms with Crippen LogP contribution in [0.4, 0.5) is 0 Å². The Bertz CT molecular complexity index is 3420. The van der Waals surface area contributed by atoms with Crippen LogP contribution in [-0.2, 0) is 32.3 Å². The lowest BCUT2D eigenvalue weighted by Gasteiger charge is -2.30. The first kappa shape index (κ1) is 42.4. The zero-order valence-corrected chi connectivity index (χ0v) is 37.0. The summed E-state index contributed by atoms with van der Waals surface area (Å²) in [4.78, 5) is 41.4. The molecule has 0 spiro atoms. The molecule has 2 unspecified atom stereocenters. The molecular weight excluding hydrogens is 866 g/mol. The Morgan fingerprint density at radius 1 is 0.609 bits per heavy atom. The van der Waals surface area contributed by atoms with Gasteiger partial charge in [0.1, 0.15) is 0 Å². The SMILES string of the molecule is Cn1cncc1C(O)(c1ccc(Cl)cc1)c1ccc2[nH]c(=O)cc(-c3cccnc3)c2c1.Cn1cncc1C(O)(c1ccc(Cl)cc1)c1ccc2c(c1)c(-c1cccs1)cc(=O)n2C. The zero-order chi connectivity index (χ0) is 44.8. The van der Waals surface area contributed by atoms with Crippen molar-refractivity contribution in [2.75, 3.05) is 0 Å². The van der Waals surface area contributed by atoms with Crippen LogP contribution in [0, 0.1) is 0 Å². The normalized spacial score (nSPS) is 13.3. The maximum Gasteiger partial charge on any atom is 0.251 e. The van der Waals surface area contributed by atoms with Crippen LogP contribution in [0.2, 0.25) is 10.0 Å². The van der Waals surface area contributed by atoms with E-state index in [4.69, 9.17) is 23.2 Å². The number of imidazole rings is 2. The molecule has 64 heavy (non-hydrogen) atoms. The summed E-state index contributed by atoms with van der Waals surface area (Å²) >= 11 is 13.8. The molecule has 0 saturated heterocycles. The van der Waals surface area contributed by atoms with Crippen LogP contribution >= 0.6 is 34.5 Å². The highest BCUT2D eigenvalue weighted by Gasteiger charge is 2.38. The van der Waals surface area contributed by atoms with Gasteiger partial charge in [-0.2, -0.15) is 0 Å². The van der Waals surface area contributed by atoms with Crippen LogP contribution in [0.15, 0.2) is 174 Å². The number of benzene rings is 4. The lowest BCUT2D eigenvalue weighted by atomic mass is 9.82. The number of H-pyrrole nitrogens is 1. The highest BCUT2D eigenvalue weighted by atomic mass is 35.5. The molecule has 0 aliphatic heterocycles. The van der Waals surface area contributed by atoms with E-state index in [9.17, 15) is 19.8 Å². The Kier molecular flexibility index (Phi) is 11.2. The quantitative estimate of drug-likeness (QED) is 0.138. The van der Waals surface area contributed by atoms with Gasteiger partial charge in [-0.1, -0.05) is 71.7 Å². The van der Waals surface area contributed by atoms with Gasteiger partial charge in [-0.3, -0.25) is 14.6 Å². The molecule has 0 aliphatic carbocycles. The second-order valence-corrected chi connectivity index (χ2v) is 17.2. The maximum absolute atomic E-state index is 12.6. The number of rotatable bonds is 8. The van der Waals surface area contributed by atoms with Crippen LogP contribution in [0.1, 0.15) is 33.6 Å². The number of fused-ring (bicyclic) bond motifs is 2. The van der Waals surface area contributed by atoms with Crippen molar-refractivity contribution >= 4 is 56.3 Å². The van der Waals surface area contributed by atoms with Crippen molar-refractivity contribution in [2.45, 2.75) is 11.2 Å². The standard InChI is InChI=1S/C25H19ClN4O2.C25H20ClN3O2S/c1-30-15-28-14-23(30)25(32,17-4-7-19(26)8-5-17)18-6-9-22-21(11-18)20(12-24(31)29-22)16-3-2-10-27-13-16;1-28-15-27-14-23(28)25(31,16-5-8-18(26)9-6-16)17-7-10-21-19(12-17)20(13-24(30)29(21)2)22-4-3-11-32-22/h2-15,32H,1H3,(H,29,31);3-15,31H,1-2H3. The number of halogens is 2. The topological polar surface area (TPSA) is 144 Å². The number of nitrogens with zero attached hydrogens (tertiary/aromatic N) is 6. The van der Waals surface area contributed by atoms with Crippen molar-refractivity contribution < 1.29 is 10.2 Å². The fourth-order valence-electron chi connectivity index (χ4n) is 8.28. The average Bonchev–Trinajstić information content (AvgIpc) is 4.11. The van der Waals surface area contributed by atoms with E-state index in [1.807, 2.05) is 92.3 Å². The van der Waals surface area contributed by atoms with E-state index in [-0.39, 0.29) is 11.1 Å². The Morgan fingerprint density at radius 2 is 1.19 bits per heavy atom. The molecule has 14 heteroatoms. The lowest BCUT2D eigenvalue weighted by Crippen LogP contribution is -2.31. The number of aryl methyl sites for hydroxylation is 3. The van der Waals surface area contributed by atoms with Gasteiger partial charge in [0.15, 0.2) is 11.2 Å². The number of hydrogen-bond acceptors (Lipinski definition) is 8. The van der Waals surface area contributed by atoms with Crippen LogP contribution in [-0.4, -0.2) is 43.9 Å². The van der Waals surface area contributed by atoms with Gasteiger partial charge in [0, 0.05) is 88.0 Å². The van der Waals surface area contributed by atoms with Gasteiger partial charge < -0.3 is 28.9 Å². The van der Waals surface area contributed by atoms with Crippen molar-refractivity contribution in [2.24, 2.45) is 21.1 Å². The summed E-state index contributed by atoms with van der Waals surface area (Å²) in [5.74, 6) is 0. The van der Waals surface area contributed by atoms with Crippen molar-refractivity contribution in [3.8, 4) is 21.6 Å². The van der Waals surface area contributed by atoms with E-state index in [0.717, 1.165) is 37.9 Å². The van der Waals surface area contributed by atoms with Crippen molar-refractivity contribution in [3.63, 3.8) is 0 Å². The minimum atomic E-state index is -1.49. The molecule has 0 amide bonds. The molecule has 6 aromatic heterocycles. The van der Waals surface area contributed by atoms with Crippen LogP contribution < -0.4 is 11.1 Å². The van der Waals surface area contributed by atoms with Gasteiger partial charge in [0.05, 0.1) is 42.0 Å². The predicted octanol–water partition coefficient (Wildman–Crippen LogP) is 9.20. The summed E-state index contributed by atoms with van der Waals surface area (Å²) in [7, 11) is 5.45. The van der Waals surface area contributed by atoms with Crippen LogP contribution in [0.5, 0.6) is 0 Å². The smallest absolute Gasteiger partial charge is 0.251 e. The molecule has 2 atom stereocenters. The van der Waals surface area contributed by atoms with Gasteiger partial charge in [0.2, 0.25) is 5.56 Å². The largest absolute Gasteiger partial charge is 0.374 e. The zero-order valence-electron chi connectivity index (χ0n) is 34.6. The van der Waals surface area contributed by atoms with E-state index in [2.05, 4.69) is 19.9 Å². The first-order valence-electron chi connectivity index (χ1n) is 20.0. The number of aliphatic hydroxyl groups is 2. The second kappa shape index (κ2) is 17.0. The number of nitrogens with one attached hydrogen (secondary N) is 1. The number of aromatic amines is 1. The van der Waals surface area contributed by atoms with E-state index in [1.165, 1.54) is 0 Å². The Morgan fingerprint density at radius 3 is 1.72 bits per heavy atom. The van der Waals surface area contributed by atoms with Crippen LogP contribution in [0.3, 0.4) is 0 Å². The molecule has 0 fully saturated rings. The molecule has 6 heterocycles. The third kappa shape index (κ3) is 7.55. The Balaban J connectivity index is 0.000000162. The summed E-state index contributed by atoms with van der Waals surface area (Å²) < 4.78 is 5.22. The molecule has 0 aliphatic rings. The van der Waals surface area contributed by atoms with Crippen LogP contribution in [0.25, 0.3) is 43.4 Å². The summed E-state index contributed by atoms with van der Waals surface area (Å²) in [6.07, 6.45) is 10.0. The fourth-order valence-corrected chi connectivity index (χ4v) is 9.29. The lowest BCUT2D eigenvalue weighted by molar-refractivity contribution is 0.117. The monoisotopic (exact) mass is 903 g/mol. The van der Waals surface area contributed by atoms with E-state index in [0.29, 0.717) is 49.2 Å². The number of thiophene rings is 1. The van der Waals surface area contributed by atoms with E-state index in [1.54, 1.807) is 118 Å². The molecule has 0 radical (unpaired) electrons. The number of pyridine rings is 3. The third-order valence-electron chi connectivity index (χ3n) is 11.6.